The first-order valence-electron chi connectivity index (χ1n) is 4.67. The number of halogens is 1. The Morgan fingerprint density at radius 2 is 2.27 bits per heavy atom. The van der Waals surface area contributed by atoms with Gasteiger partial charge in [0.25, 0.3) is 0 Å². The molecule has 15 heavy (non-hydrogen) atoms. The van der Waals surface area contributed by atoms with Gasteiger partial charge in [0.15, 0.2) is 5.54 Å². The first kappa shape index (κ1) is 10.8. The van der Waals surface area contributed by atoms with Crippen LogP contribution in [0, 0.1) is 0 Å². The van der Waals surface area contributed by atoms with Crippen molar-refractivity contribution in [1.82, 2.24) is 9.78 Å². The SMILES string of the molecule is O=C(O)C1(n2cc(Cl)cn2)CCSCC1. The molecule has 0 saturated carbocycles. The molecule has 1 aliphatic rings. The fourth-order valence-electron chi connectivity index (χ4n) is 1.78. The highest BCUT2D eigenvalue weighted by molar-refractivity contribution is 7.99. The summed E-state index contributed by atoms with van der Waals surface area (Å²) < 4.78 is 1.50. The van der Waals surface area contributed by atoms with Crippen LogP contribution >= 0.6 is 23.4 Å². The van der Waals surface area contributed by atoms with Gasteiger partial charge in [-0.3, -0.25) is 4.68 Å². The molecule has 0 spiro atoms. The van der Waals surface area contributed by atoms with E-state index in [1.807, 2.05) is 0 Å². The fourth-order valence-corrected chi connectivity index (χ4v) is 3.09. The number of carbonyl (C=O) groups is 1. The largest absolute Gasteiger partial charge is 0.479 e. The number of carboxylic acid groups (broad SMARTS) is 1. The van der Waals surface area contributed by atoms with Crippen molar-refractivity contribution in [2.24, 2.45) is 0 Å². The summed E-state index contributed by atoms with van der Waals surface area (Å²) in [4.78, 5) is 11.4. The molecule has 2 heterocycles. The van der Waals surface area contributed by atoms with E-state index in [1.54, 1.807) is 18.0 Å². The van der Waals surface area contributed by atoms with Gasteiger partial charge in [-0.15, -0.1) is 0 Å². The fraction of sp³-hybridized carbons (Fsp3) is 0.556. The Morgan fingerprint density at radius 1 is 1.60 bits per heavy atom. The van der Waals surface area contributed by atoms with Crippen LogP contribution in [-0.4, -0.2) is 32.4 Å². The number of thioether (sulfide) groups is 1. The van der Waals surface area contributed by atoms with Gasteiger partial charge < -0.3 is 5.11 Å². The highest BCUT2D eigenvalue weighted by atomic mass is 35.5. The molecule has 0 amide bonds. The lowest BCUT2D eigenvalue weighted by Crippen LogP contribution is -2.45. The maximum Gasteiger partial charge on any atom is 0.331 e. The molecule has 1 aromatic rings. The molecule has 1 N–H and O–H groups in total. The van der Waals surface area contributed by atoms with Gasteiger partial charge in [-0.05, 0) is 24.3 Å². The van der Waals surface area contributed by atoms with E-state index in [0.29, 0.717) is 17.9 Å². The van der Waals surface area contributed by atoms with Crippen LogP contribution in [-0.2, 0) is 10.3 Å². The van der Waals surface area contributed by atoms with E-state index in [0.717, 1.165) is 11.5 Å². The van der Waals surface area contributed by atoms with Crippen molar-refractivity contribution < 1.29 is 9.90 Å². The summed E-state index contributed by atoms with van der Waals surface area (Å²) in [6, 6.07) is 0. The van der Waals surface area contributed by atoms with Crippen molar-refractivity contribution in [2.75, 3.05) is 11.5 Å². The van der Waals surface area contributed by atoms with E-state index in [9.17, 15) is 9.90 Å². The Hall–Kier alpha value is -0.680. The number of aliphatic carboxylic acids is 1. The predicted molar refractivity (Wildman–Crippen MR) is 59.4 cm³/mol. The Morgan fingerprint density at radius 3 is 2.73 bits per heavy atom. The minimum atomic E-state index is -0.890. The zero-order valence-corrected chi connectivity index (χ0v) is 9.59. The first-order valence-corrected chi connectivity index (χ1v) is 6.20. The molecule has 1 fully saturated rings. The van der Waals surface area contributed by atoms with Crippen molar-refractivity contribution in [3.63, 3.8) is 0 Å². The van der Waals surface area contributed by atoms with E-state index in [-0.39, 0.29) is 0 Å². The van der Waals surface area contributed by atoms with Crippen LogP contribution in [0.25, 0.3) is 0 Å². The summed E-state index contributed by atoms with van der Waals surface area (Å²) in [5.74, 6) is 0.885. The van der Waals surface area contributed by atoms with Gasteiger partial charge in [0.2, 0.25) is 0 Å². The van der Waals surface area contributed by atoms with Crippen LogP contribution in [0.4, 0.5) is 0 Å². The maximum absolute atomic E-state index is 11.4. The van der Waals surface area contributed by atoms with Crippen LogP contribution in [0.5, 0.6) is 0 Å². The number of hydrogen-bond acceptors (Lipinski definition) is 3. The molecule has 0 aromatic carbocycles. The lowest BCUT2D eigenvalue weighted by atomic mass is 9.93. The molecule has 2 rings (SSSR count). The molecular formula is C9H11ClN2O2S. The summed E-state index contributed by atoms with van der Waals surface area (Å²) in [5.41, 5.74) is -0.890. The normalized spacial score (nSPS) is 20.1. The standard InChI is InChI=1S/C9H11ClN2O2S/c10-7-5-11-12(6-7)9(8(13)14)1-3-15-4-2-9/h5-6H,1-4H2,(H,13,14). The second-order valence-electron chi connectivity index (χ2n) is 3.55. The van der Waals surface area contributed by atoms with E-state index in [1.165, 1.54) is 10.9 Å². The highest BCUT2D eigenvalue weighted by Gasteiger charge is 2.42. The molecule has 0 bridgehead atoms. The summed E-state index contributed by atoms with van der Waals surface area (Å²) >= 11 is 7.54. The van der Waals surface area contributed by atoms with E-state index < -0.39 is 11.5 Å². The predicted octanol–water partition coefficient (Wildman–Crippen LogP) is 1.84. The highest BCUT2D eigenvalue weighted by Crippen LogP contribution is 2.34. The number of hydrogen-bond donors (Lipinski definition) is 1. The van der Waals surface area contributed by atoms with Gasteiger partial charge in [-0.1, -0.05) is 11.6 Å². The van der Waals surface area contributed by atoms with Crippen LogP contribution in [0.3, 0.4) is 0 Å². The Bertz CT molecular complexity index is 374. The second-order valence-corrected chi connectivity index (χ2v) is 5.21. The Balaban J connectivity index is 2.37. The monoisotopic (exact) mass is 246 g/mol. The lowest BCUT2D eigenvalue weighted by Gasteiger charge is -2.32. The van der Waals surface area contributed by atoms with E-state index >= 15 is 0 Å². The minimum Gasteiger partial charge on any atom is -0.479 e. The van der Waals surface area contributed by atoms with Crippen molar-refractivity contribution in [3.05, 3.63) is 17.4 Å². The third kappa shape index (κ3) is 1.86. The number of aromatic nitrogens is 2. The topological polar surface area (TPSA) is 55.1 Å². The van der Waals surface area contributed by atoms with Gasteiger partial charge in [0.05, 0.1) is 11.2 Å². The number of nitrogens with zero attached hydrogens (tertiary/aromatic N) is 2. The first-order chi connectivity index (χ1) is 7.15. The summed E-state index contributed by atoms with van der Waals surface area (Å²) in [6.45, 7) is 0. The third-order valence-electron chi connectivity index (χ3n) is 2.71. The Kier molecular flexibility index (Phi) is 2.93. The van der Waals surface area contributed by atoms with Gasteiger partial charge in [-0.25, -0.2) is 4.79 Å². The molecule has 1 aliphatic heterocycles. The summed E-state index contributed by atoms with van der Waals surface area (Å²) in [7, 11) is 0. The second kappa shape index (κ2) is 4.06. The molecule has 82 valence electrons. The number of rotatable bonds is 2. The molecule has 0 radical (unpaired) electrons. The Labute approximate surface area is 96.6 Å². The smallest absolute Gasteiger partial charge is 0.331 e. The molecule has 4 nitrogen and oxygen atoms in total. The van der Waals surface area contributed by atoms with Crippen LogP contribution in [0.2, 0.25) is 5.02 Å². The minimum absolute atomic E-state index is 0.480. The number of carboxylic acids is 1. The maximum atomic E-state index is 11.4. The van der Waals surface area contributed by atoms with Gasteiger partial charge in [-0.2, -0.15) is 16.9 Å². The van der Waals surface area contributed by atoms with Crippen molar-refractivity contribution in [2.45, 2.75) is 18.4 Å². The average Bonchev–Trinajstić information content (AvgIpc) is 2.66. The van der Waals surface area contributed by atoms with E-state index in [2.05, 4.69) is 5.10 Å². The molecule has 0 atom stereocenters. The van der Waals surface area contributed by atoms with Crippen molar-refractivity contribution >= 4 is 29.3 Å². The van der Waals surface area contributed by atoms with Gasteiger partial charge >= 0.3 is 5.97 Å². The quantitative estimate of drug-likeness (QED) is 0.865. The lowest BCUT2D eigenvalue weighted by molar-refractivity contribution is -0.148. The molecule has 1 saturated heterocycles. The van der Waals surface area contributed by atoms with Crippen LogP contribution < -0.4 is 0 Å². The van der Waals surface area contributed by atoms with Crippen LogP contribution in [0.1, 0.15) is 12.8 Å². The molecule has 6 heteroatoms. The van der Waals surface area contributed by atoms with Crippen molar-refractivity contribution in [1.29, 1.82) is 0 Å². The molecule has 1 aromatic heterocycles. The third-order valence-corrected chi connectivity index (χ3v) is 3.89. The molecule has 0 unspecified atom stereocenters. The molecule has 0 aliphatic carbocycles. The van der Waals surface area contributed by atoms with Gasteiger partial charge in [0.1, 0.15) is 0 Å². The zero-order valence-electron chi connectivity index (χ0n) is 8.02. The zero-order chi connectivity index (χ0) is 10.9. The average molecular weight is 247 g/mol. The van der Waals surface area contributed by atoms with Gasteiger partial charge in [0, 0.05) is 6.20 Å². The van der Waals surface area contributed by atoms with Crippen LogP contribution in [0.15, 0.2) is 12.4 Å². The molecular weight excluding hydrogens is 236 g/mol. The summed E-state index contributed by atoms with van der Waals surface area (Å²) in [5, 5.41) is 13.8. The summed E-state index contributed by atoms with van der Waals surface area (Å²) in [6.07, 6.45) is 4.27. The van der Waals surface area contributed by atoms with E-state index in [4.69, 9.17) is 11.6 Å². The van der Waals surface area contributed by atoms with Crippen molar-refractivity contribution in [3.8, 4) is 0 Å².